The Labute approximate surface area is 146 Å². The summed E-state index contributed by atoms with van der Waals surface area (Å²) < 4.78 is 10.9. The van der Waals surface area contributed by atoms with Crippen molar-refractivity contribution < 1.29 is 14.3 Å². The number of amides is 1. The third kappa shape index (κ3) is 3.91. The van der Waals surface area contributed by atoms with Gasteiger partial charge in [-0.1, -0.05) is 18.7 Å². The van der Waals surface area contributed by atoms with Crippen molar-refractivity contribution in [1.82, 2.24) is 15.1 Å². The van der Waals surface area contributed by atoms with E-state index in [0.717, 1.165) is 23.2 Å². The summed E-state index contributed by atoms with van der Waals surface area (Å²) in [6.45, 7) is 5.32. The molecule has 1 aliphatic rings. The number of benzene rings is 1. The number of nitrogens with zero attached hydrogens (tertiary/aromatic N) is 2. The fraction of sp³-hybridized carbons (Fsp3) is 0.263. The van der Waals surface area contributed by atoms with Gasteiger partial charge < -0.3 is 14.4 Å². The minimum atomic E-state index is -0.0159. The van der Waals surface area contributed by atoms with Crippen LogP contribution in [0.4, 0.5) is 0 Å². The first-order valence-electron chi connectivity index (χ1n) is 8.11. The highest BCUT2D eigenvalue weighted by Gasteiger charge is 2.20. The standard InChI is InChI=1S/C19H21N3O3/c1-3-10-25-17-6-4-14(11-18(17)24-2)5-7-19(23)22-9-8-16-15(13-22)12-20-21-16/h3-7,11-12H,1,8-10,13H2,2H3,(H,20,21). The number of rotatable bonds is 6. The molecule has 0 bridgehead atoms. The summed E-state index contributed by atoms with van der Waals surface area (Å²) in [5, 5.41) is 7.00. The van der Waals surface area contributed by atoms with Gasteiger partial charge in [0.1, 0.15) is 6.61 Å². The highest BCUT2D eigenvalue weighted by molar-refractivity contribution is 5.92. The quantitative estimate of drug-likeness (QED) is 0.649. The lowest BCUT2D eigenvalue weighted by molar-refractivity contribution is -0.126. The van der Waals surface area contributed by atoms with E-state index in [-0.39, 0.29) is 5.91 Å². The molecule has 2 heterocycles. The van der Waals surface area contributed by atoms with Gasteiger partial charge in [-0.25, -0.2) is 0 Å². The van der Waals surface area contributed by atoms with Gasteiger partial charge in [-0.3, -0.25) is 9.89 Å². The molecule has 25 heavy (non-hydrogen) atoms. The Morgan fingerprint density at radius 3 is 3.12 bits per heavy atom. The van der Waals surface area contributed by atoms with Crippen molar-refractivity contribution in [2.75, 3.05) is 20.3 Å². The smallest absolute Gasteiger partial charge is 0.246 e. The molecular weight excluding hydrogens is 318 g/mol. The van der Waals surface area contributed by atoms with Crippen LogP contribution in [0.5, 0.6) is 11.5 Å². The van der Waals surface area contributed by atoms with E-state index in [1.807, 2.05) is 23.1 Å². The fourth-order valence-electron chi connectivity index (χ4n) is 2.74. The number of aromatic amines is 1. The summed E-state index contributed by atoms with van der Waals surface area (Å²) in [4.78, 5) is 14.2. The lowest BCUT2D eigenvalue weighted by Crippen LogP contribution is -2.34. The van der Waals surface area contributed by atoms with Crippen LogP contribution in [0.15, 0.2) is 43.1 Å². The average molecular weight is 339 g/mol. The third-order valence-electron chi connectivity index (χ3n) is 4.07. The first kappa shape index (κ1) is 16.8. The molecular formula is C19H21N3O3. The highest BCUT2D eigenvalue weighted by Crippen LogP contribution is 2.28. The topological polar surface area (TPSA) is 67.5 Å². The first-order valence-corrected chi connectivity index (χ1v) is 8.11. The van der Waals surface area contributed by atoms with Gasteiger partial charge in [0.05, 0.1) is 13.3 Å². The molecule has 0 spiro atoms. The molecule has 1 N–H and O–H groups in total. The summed E-state index contributed by atoms with van der Waals surface area (Å²) in [6.07, 6.45) is 7.64. The third-order valence-corrected chi connectivity index (χ3v) is 4.07. The first-order chi connectivity index (χ1) is 12.2. The number of nitrogens with one attached hydrogen (secondary N) is 1. The molecule has 0 saturated heterocycles. The number of fused-ring (bicyclic) bond motifs is 1. The number of methoxy groups -OCH3 is 1. The van der Waals surface area contributed by atoms with E-state index >= 15 is 0 Å². The Morgan fingerprint density at radius 1 is 1.44 bits per heavy atom. The molecule has 0 aliphatic carbocycles. The molecule has 1 amide bonds. The van der Waals surface area contributed by atoms with E-state index in [1.54, 1.807) is 31.5 Å². The minimum absolute atomic E-state index is 0.0159. The molecule has 0 unspecified atom stereocenters. The predicted octanol–water partition coefficient (Wildman–Crippen LogP) is 2.58. The van der Waals surface area contributed by atoms with E-state index in [1.165, 1.54) is 0 Å². The molecule has 6 heteroatoms. The van der Waals surface area contributed by atoms with Crippen molar-refractivity contribution in [3.8, 4) is 11.5 Å². The Kier molecular flexibility index (Phi) is 5.18. The molecule has 1 aromatic heterocycles. The van der Waals surface area contributed by atoms with Crippen LogP contribution in [-0.2, 0) is 17.8 Å². The number of H-pyrrole nitrogens is 1. The molecule has 1 aromatic carbocycles. The van der Waals surface area contributed by atoms with E-state index in [2.05, 4.69) is 16.8 Å². The van der Waals surface area contributed by atoms with Crippen LogP contribution >= 0.6 is 0 Å². The van der Waals surface area contributed by atoms with Crippen molar-refractivity contribution >= 4 is 12.0 Å². The Balaban J connectivity index is 1.67. The summed E-state index contributed by atoms with van der Waals surface area (Å²) >= 11 is 0. The monoisotopic (exact) mass is 339 g/mol. The van der Waals surface area contributed by atoms with Gasteiger partial charge in [0.25, 0.3) is 0 Å². The van der Waals surface area contributed by atoms with Crippen molar-refractivity contribution in [2.24, 2.45) is 0 Å². The molecule has 0 saturated carbocycles. The Morgan fingerprint density at radius 2 is 2.32 bits per heavy atom. The summed E-state index contributed by atoms with van der Waals surface area (Å²) in [5.41, 5.74) is 3.07. The molecule has 2 aromatic rings. The lowest BCUT2D eigenvalue weighted by Gasteiger charge is -2.25. The number of hydrogen-bond acceptors (Lipinski definition) is 4. The van der Waals surface area contributed by atoms with Gasteiger partial charge in [0, 0.05) is 36.8 Å². The molecule has 6 nitrogen and oxygen atoms in total. The Bertz CT molecular complexity index is 795. The van der Waals surface area contributed by atoms with Gasteiger partial charge in [0.2, 0.25) is 5.91 Å². The van der Waals surface area contributed by atoms with E-state index in [0.29, 0.717) is 31.2 Å². The number of hydrogen-bond donors (Lipinski definition) is 1. The second-order valence-corrected chi connectivity index (χ2v) is 5.73. The maximum absolute atomic E-state index is 12.4. The normalized spacial score (nSPS) is 13.6. The van der Waals surface area contributed by atoms with Gasteiger partial charge in [-0.15, -0.1) is 0 Å². The molecule has 1 aliphatic heterocycles. The largest absolute Gasteiger partial charge is 0.493 e. The number of carbonyl (C=O) groups excluding carboxylic acids is 1. The van der Waals surface area contributed by atoms with Crippen molar-refractivity contribution in [1.29, 1.82) is 0 Å². The fourth-order valence-corrected chi connectivity index (χ4v) is 2.74. The second-order valence-electron chi connectivity index (χ2n) is 5.73. The van der Waals surface area contributed by atoms with Crippen LogP contribution in [0.25, 0.3) is 6.08 Å². The second kappa shape index (κ2) is 7.70. The summed E-state index contributed by atoms with van der Waals surface area (Å²) in [7, 11) is 1.59. The molecule has 0 fully saturated rings. The molecule has 130 valence electrons. The Hall–Kier alpha value is -3.02. The average Bonchev–Trinajstić information content (AvgIpc) is 3.12. The van der Waals surface area contributed by atoms with Crippen LogP contribution in [0.1, 0.15) is 16.8 Å². The number of ether oxygens (including phenoxy) is 2. The van der Waals surface area contributed by atoms with E-state index in [4.69, 9.17) is 9.47 Å². The predicted molar refractivity (Wildman–Crippen MR) is 95.4 cm³/mol. The zero-order chi connectivity index (χ0) is 17.6. The van der Waals surface area contributed by atoms with Crippen molar-refractivity contribution in [2.45, 2.75) is 13.0 Å². The van der Waals surface area contributed by atoms with Crippen LogP contribution in [-0.4, -0.2) is 41.3 Å². The lowest BCUT2D eigenvalue weighted by atomic mass is 10.1. The summed E-state index contributed by atoms with van der Waals surface area (Å²) in [5.74, 6) is 1.25. The maximum Gasteiger partial charge on any atom is 0.246 e. The van der Waals surface area contributed by atoms with Gasteiger partial charge in [-0.2, -0.15) is 5.10 Å². The number of carbonyl (C=O) groups is 1. The molecule has 0 radical (unpaired) electrons. The van der Waals surface area contributed by atoms with Gasteiger partial charge >= 0.3 is 0 Å². The van der Waals surface area contributed by atoms with Crippen molar-refractivity contribution in [3.05, 3.63) is 59.9 Å². The van der Waals surface area contributed by atoms with Crippen LogP contribution < -0.4 is 9.47 Å². The van der Waals surface area contributed by atoms with E-state index < -0.39 is 0 Å². The van der Waals surface area contributed by atoms with Gasteiger partial charge in [0.15, 0.2) is 11.5 Å². The SMILES string of the molecule is C=CCOc1ccc(C=CC(=O)N2CCc3[nH]ncc3C2)cc1OC. The highest BCUT2D eigenvalue weighted by atomic mass is 16.5. The van der Waals surface area contributed by atoms with Crippen molar-refractivity contribution in [3.63, 3.8) is 0 Å². The van der Waals surface area contributed by atoms with E-state index in [9.17, 15) is 4.79 Å². The maximum atomic E-state index is 12.4. The zero-order valence-corrected chi connectivity index (χ0v) is 14.2. The van der Waals surface area contributed by atoms with Gasteiger partial charge in [-0.05, 0) is 23.8 Å². The number of aromatic nitrogens is 2. The molecule has 0 atom stereocenters. The van der Waals surface area contributed by atoms with Crippen LogP contribution in [0.3, 0.4) is 0 Å². The summed E-state index contributed by atoms with van der Waals surface area (Å²) in [6, 6.07) is 5.55. The minimum Gasteiger partial charge on any atom is -0.493 e. The van der Waals surface area contributed by atoms with Crippen LogP contribution in [0.2, 0.25) is 0 Å². The zero-order valence-electron chi connectivity index (χ0n) is 14.2. The van der Waals surface area contributed by atoms with Crippen LogP contribution in [0, 0.1) is 0 Å². The molecule has 3 rings (SSSR count).